The van der Waals surface area contributed by atoms with Gasteiger partial charge in [0.05, 0.1) is 35.8 Å². The zero-order chi connectivity index (χ0) is 31.8. The van der Waals surface area contributed by atoms with Gasteiger partial charge in [-0.15, -0.1) is 0 Å². The van der Waals surface area contributed by atoms with Crippen LogP contribution in [0.5, 0.6) is 0 Å². The molecular formula is C34H48N2O6S2. The lowest BCUT2D eigenvalue weighted by Gasteiger charge is -2.41. The van der Waals surface area contributed by atoms with Gasteiger partial charge in [-0.25, -0.2) is 26.3 Å². The molecule has 10 heteroatoms. The number of rotatable bonds is 11. The molecule has 242 valence electrons. The van der Waals surface area contributed by atoms with Gasteiger partial charge in [0, 0.05) is 10.8 Å². The maximum atomic E-state index is 14.2. The van der Waals surface area contributed by atoms with E-state index in [1.54, 1.807) is 24.3 Å². The smallest absolute Gasteiger partial charge is 0.212 e. The molecule has 0 amide bonds. The van der Waals surface area contributed by atoms with E-state index in [1.807, 2.05) is 36.4 Å². The summed E-state index contributed by atoms with van der Waals surface area (Å²) in [7, 11) is -8.03. The van der Waals surface area contributed by atoms with Crippen molar-refractivity contribution >= 4 is 20.0 Å². The van der Waals surface area contributed by atoms with Crippen LogP contribution in [0.25, 0.3) is 0 Å². The third-order valence-corrected chi connectivity index (χ3v) is 16.0. The minimum absolute atomic E-state index is 0.229. The molecule has 0 heterocycles. The molecule has 0 saturated heterocycles. The van der Waals surface area contributed by atoms with Crippen molar-refractivity contribution in [3.8, 4) is 0 Å². The molecule has 44 heavy (non-hydrogen) atoms. The quantitative estimate of drug-likeness (QED) is 0.281. The van der Waals surface area contributed by atoms with E-state index in [9.17, 15) is 27.0 Å². The highest BCUT2D eigenvalue weighted by molar-refractivity contribution is 7.89. The number of fused-ring (bicyclic) bond motifs is 4. The lowest BCUT2D eigenvalue weighted by atomic mass is 9.70. The lowest BCUT2D eigenvalue weighted by molar-refractivity contribution is 0.0149. The first-order chi connectivity index (χ1) is 20.5. The number of benzene rings is 2. The van der Waals surface area contributed by atoms with E-state index in [2.05, 4.69) is 37.1 Å². The van der Waals surface area contributed by atoms with Crippen molar-refractivity contribution in [2.75, 3.05) is 11.5 Å². The maximum Gasteiger partial charge on any atom is 0.212 e. The second-order valence-electron chi connectivity index (χ2n) is 15.3. The molecule has 4 N–H and O–H groups in total. The number of sulfonamides is 2. The summed E-state index contributed by atoms with van der Waals surface area (Å²) < 4.78 is 62.5. The van der Waals surface area contributed by atoms with Crippen LogP contribution in [-0.4, -0.2) is 50.8 Å². The van der Waals surface area contributed by atoms with Crippen molar-refractivity contribution in [3.63, 3.8) is 0 Å². The molecule has 4 fully saturated rings. The van der Waals surface area contributed by atoms with Gasteiger partial charge in [0.15, 0.2) is 0 Å². The summed E-state index contributed by atoms with van der Waals surface area (Å²) in [6.45, 7) is 8.27. The number of nitrogens with one attached hydrogen (secondary N) is 2. The summed E-state index contributed by atoms with van der Waals surface area (Å²) in [6.07, 6.45) is 2.84. The molecule has 4 aliphatic carbocycles. The molecule has 4 aliphatic rings. The van der Waals surface area contributed by atoms with Crippen molar-refractivity contribution in [2.24, 2.45) is 33.5 Å². The van der Waals surface area contributed by atoms with Gasteiger partial charge >= 0.3 is 0 Å². The van der Waals surface area contributed by atoms with Crippen molar-refractivity contribution in [2.45, 2.75) is 90.5 Å². The summed E-state index contributed by atoms with van der Waals surface area (Å²) in [5.41, 5.74) is -0.958. The summed E-state index contributed by atoms with van der Waals surface area (Å²) in [5, 5.41) is 22.2. The van der Waals surface area contributed by atoms with Gasteiger partial charge in [0.2, 0.25) is 20.0 Å². The zero-order valence-corrected chi connectivity index (χ0v) is 27.9. The van der Waals surface area contributed by atoms with E-state index in [-0.39, 0.29) is 34.2 Å². The minimum Gasteiger partial charge on any atom is -0.392 e. The van der Waals surface area contributed by atoms with E-state index in [1.165, 1.54) is 0 Å². The molecular weight excluding hydrogens is 597 g/mol. The van der Waals surface area contributed by atoms with E-state index in [4.69, 9.17) is 0 Å². The summed E-state index contributed by atoms with van der Waals surface area (Å²) in [4.78, 5) is 0. The average molecular weight is 645 g/mol. The highest BCUT2D eigenvalue weighted by Gasteiger charge is 2.66. The standard InChI is InChI=1S/C34H48N2O6S2/c1-31(2)25-15-17-33(31,27(37)19-25)21-43(39,40)35-29(23-11-7-5-8-12-23)30(24-13-9-6-10-14-24)36-44(41,42)22-34-18-16-26(20-28(34)38)32(34,3)4/h5-14,25-30,35-38H,15-22H2,1-4H3/t25?,26?,27?,28?,29-,30-,33?,34?/m1/s1. The van der Waals surface area contributed by atoms with E-state index in [0.717, 1.165) is 12.8 Å². The maximum absolute atomic E-state index is 14.2. The molecule has 6 unspecified atom stereocenters. The first-order valence-corrected chi connectivity index (χ1v) is 19.3. The SMILES string of the molecule is CC1(C)C2CCC1(CS(=O)(=O)N[C@H](c1ccccc1)[C@H](NS(=O)(=O)CC13CCC(CC1O)C3(C)C)c1ccccc1)C(O)C2. The molecule has 2 aromatic carbocycles. The highest BCUT2D eigenvalue weighted by atomic mass is 32.2. The van der Waals surface area contributed by atoms with Crippen LogP contribution in [0.15, 0.2) is 60.7 Å². The van der Waals surface area contributed by atoms with Crippen LogP contribution in [0.2, 0.25) is 0 Å². The third-order valence-electron chi connectivity index (χ3n) is 12.9. The fourth-order valence-corrected chi connectivity index (χ4v) is 14.1. The van der Waals surface area contributed by atoms with Crippen molar-refractivity contribution < 1.29 is 27.0 Å². The molecule has 4 bridgehead atoms. The Morgan fingerprint density at radius 2 is 1.00 bits per heavy atom. The molecule has 6 rings (SSSR count). The second kappa shape index (κ2) is 10.9. The predicted molar refractivity (Wildman–Crippen MR) is 171 cm³/mol. The van der Waals surface area contributed by atoms with Gasteiger partial charge in [0.25, 0.3) is 0 Å². The van der Waals surface area contributed by atoms with Gasteiger partial charge in [-0.05, 0) is 72.3 Å². The Labute approximate surface area is 263 Å². The molecule has 8 atom stereocenters. The summed E-state index contributed by atoms with van der Waals surface area (Å²) in [5.74, 6) is 0.0813. The number of aliphatic hydroxyl groups is 2. The van der Waals surface area contributed by atoms with Gasteiger partial charge < -0.3 is 10.2 Å². The first-order valence-electron chi connectivity index (χ1n) is 16.0. The topological polar surface area (TPSA) is 133 Å². The minimum atomic E-state index is -4.01. The van der Waals surface area contributed by atoms with Crippen LogP contribution < -0.4 is 9.44 Å². The second-order valence-corrected chi connectivity index (χ2v) is 18.8. The molecule has 4 saturated carbocycles. The van der Waals surface area contributed by atoms with E-state index >= 15 is 0 Å². The van der Waals surface area contributed by atoms with Crippen LogP contribution in [0.1, 0.15) is 89.4 Å². The Balaban J connectivity index is 1.36. The Kier molecular flexibility index (Phi) is 7.94. The Hall–Kier alpha value is -1.82. The number of hydrogen-bond acceptors (Lipinski definition) is 6. The summed E-state index contributed by atoms with van der Waals surface area (Å²) in [6, 6.07) is 16.2. The fraction of sp³-hybridized carbons (Fsp3) is 0.647. The van der Waals surface area contributed by atoms with Crippen LogP contribution in [0.3, 0.4) is 0 Å². The summed E-state index contributed by atoms with van der Waals surface area (Å²) >= 11 is 0. The van der Waals surface area contributed by atoms with Crippen molar-refractivity contribution in [3.05, 3.63) is 71.8 Å². The van der Waals surface area contributed by atoms with Gasteiger partial charge in [-0.3, -0.25) is 0 Å². The van der Waals surface area contributed by atoms with Crippen LogP contribution in [-0.2, 0) is 20.0 Å². The van der Waals surface area contributed by atoms with Crippen LogP contribution in [0, 0.1) is 33.5 Å². The number of hydrogen-bond donors (Lipinski definition) is 4. The Morgan fingerprint density at radius 1 is 0.659 bits per heavy atom. The number of aliphatic hydroxyl groups excluding tert-OH is 2. The highest BCUT2D eigenvalue weighted by Crippen LogP contribution is 2.67. The van der Waals surface area contributed by atoms with Crippen LogP contribution >= 0.6 is 0 Å². The van der Waals surface area contributed by atoms with Gasteiger partial charge in [-0.1, -0.05) is 88.4 Å². The van der Waals surface area contributed by atoms with Crippen molar-refractivity contribution in [1.29, 1.82) is 0 Å². The molecule has 0 radical (unpaired) electrons. The predicted octanol–water partition coefficient (Wildman–Crippen LogP) is 4.68. The molecule has 8 nitrogen and oxygen atoms in total. The Morgan fingerprint density at radius 3 is 1.27 bits per heavy atom. The van der Waals surface area contributed by atoms with E-state index < -0.39 is 55.2 Å². The Bertz CT molecular complexity index is 1460. The third kappa shape index (κ3) is 5.08. The monoisotopic (exact) mass is 644 g/mol. The normalized spacial score (nSPS) is 35.1. The molecule has 0 aromatic heterocycles. The van der Waals surface area contributed by atoms with Crippen LogP contribution in [0.4, 0.5) is 0 Å². The molecule has 2 aromatic rings. The lowest BCUT2D eigenvalue weighted by Crippen LogP contribution is -2.50. The zero-order valence-electron chi connectivity index (χ0n) is 26.2. The molecule has 0 spiro atoms. The van der Waals surface area contributed by atoms with Crippen molar-refractivity contribution in [1.82, 2.24) is 9.44 Å². The van der Waals surface area contributed by atoms with Gasteiger partial charge in [-0.2, -0.15) is 0 Å². The first kappa shape index (κ1) is 32.1. The largest absolute Gasteiger partial charge is 0.392 e. The molecule has 0 aliphatic heterocycles. The average Bonchev–Trinajstić information content (AvgIpc) is 3.48. The van der Waals surface area contributed by atoms with E-state index in [0.29, 0.717) is 36.8 Å². The fourth-order valence-electron chi connectivity index (χ4n) is 9.88. The van der Waals surface area contributed by atoms with Gasteiger partial charge in [0.1, 0.15) is 0 Å².